The Morgan fingerprint density at radius 1 is 1.03 bits per heavy atom. The number of aromatic nitrogens is 1. The molecule has 0 bridgehead atoms. The van der Waals surface area contributed by atoms with Gasteiger partial charge in [-0.05, 0) is 36.8 Å². The van der Waals surface area contributed by atoms with Crippen LogP contribution in [-0.4, -0.2) is 25.4 Å². The molecule has 6 nitrogen and oxygen atoms in total. The van der Waals surface area contributed by atoms with Crippen LogP contribution in [0.5, 0.6) is 5.88 Å². The number of carbonyl (C=O) groups is 1. The van der Waals surface area contributed by atoms with Gasteiger partial charge in [0.05, 0.1) is 10.3 Å². The second-order valence-electron chi connectivity index (χ2n) is 7.09. The van der Waals surface area contributed by atoms with Crippen LogP contribution in [0.25, 0.3) is 21.3 Å². The Morgan fingerprint density at radius 2 is 1.74 bits per heavy atom. The smallest absolute Gasteiger partial charge is 0.330 e. The first-order chi connectivity index (χ1) is 14.8. The highest BCUT2D eigenvalue weighted by Gasteiger charge is 2.24. The van der Waals surface area contributed by atoms with E-state index in [1.54, 1.807) is 17.5 Å². The maximum Gasteiger partial charge on any atom is 0.330 e. The van der Waals surface area contributed by atoms with E-state index in [4.69, 9.17) is 4.74 Å². The Kier molecular flexibility index (Phi) is 5.86. The summed E-state index contributed by atoms with van der Waals surface area (Å²) in [6.45, 7) is 3.30. The van der Waals surface area contributed by atoms with Crippen molar-refractivity contribution in [2.24, 2.45) is 0 Å². The number of esters is 1. The molecule has 1 N–H and O–H groups in total. The van der Waals surface area contributed by atoms with E-state index in [0.717, 1.165) is 21.9 Å². The topological polar surface area (TPSA) is 85.4 Å². The van der Waals surface area contributed by atoms with Gasteiger partial charge in [0.1, 0.15) is 11.0 Å². The van der Waals surface area contributed by atoms with E-state index in [1.165, 1.54) is 30.4 Å². The van der Waals surface area contributed by atoms with Gasteiger partial charge in [-0.25, -0.2) is 18.2 Å². The summed E-state index contributed by atoms with van der Waals surface area (Å²) in [5, 5.41) is 4.49. The number of sulfonamides is 1. The zero-order valence-electron chi connectivity index (χ0n) is 16.9. The quantitative estimate of drug-likeness (QED) is 0.434. The van der Waals surface area contributed by atoms with Crippen LogP contribution in [0.1, 0.15) is 12.5 Å². The molecule has 0 aliphatic rings. The lowest BCUT2D eigenvalue weighted by atomic mass is 10.1. The highest BCUT2D eigenvalue weighted by atomic mass is 32.2. The Hall–Kier alpha value is -3.07. The molecule has 31 heavy (non-hydrogen) atoms. The van der Waals surface area contributed by atoms with Gasteiger partial charge in [-0.1, -0.05) is 60.2 Å². The number of rotatable bonds is 6. The first kappa shape index (κ1) is 21.2. The van der Waals surface area contributed by atoms with E-state index in [-0.39, 0.29) is 10.8 Å². The van der Waals surface area contributed by atoms with Crippen molar-refractivity contribution in [2.45, 2.75) is 24.8 Å². The van der Waals surface area contributed by atoms with Crippen molar-refractivity contribution in [3.8, 4) is 16.5 Å². The monoisotopic (exact) mass is 452 g/mol. The summed E-state index contributed by atoms with van der Waals surface area (Å²) in [6.07, 6.45) is 0. The fourth-order valence-corrected chi connectivity index (χ4v) is 5.05. The summed E-state index contributed by atoms with van der Waals surface area (Å²) < 4.78 is 32.7. The van der Waals surface area contributed by atoms with E-state index in [9.17, 15) is 13.2 Å². The van der Waals surface area contributed by atoms with Gasteiger partial charge < -0.3 is 4.74 Å². The molecule has 1 aromatic heterocycles. The molecule has 0 radical (unpaired) electrons. The summed E-state index contributed by atoms with van der Waals surface area (Å²) in [5.74, 6) is -0.593. The maximum atomic E-state index is 12.5. The van der Waals surface area contributed by atoms with Gasteiger partial charge in [-0.15, -0.1) is 11.3 Å². The van der Waals surface area contributed by atoms with E-state index >= 15 is 0 Å². The fourth-order valence-electron chi connectivity index (χ4n) is 3.10. The second kappa shape index (κ2) is 8.58. The van der Waals surface area contributed by atoms with Crippen LogP contribution in [-0.2, 0) is 14.8 Å². The van der Waals surface area contributed by atoms with Crippen molar-refractivity contribution in [1.29, 1.82) is 0 Å². The molecule has 0 amide bonds. The van der Waals surface area contributed by atoms with Gasteiger partial charge in [-0.2, -0.15) is 4.72 Å². The van der Waals surface area contributed by atoms with Gasteiger partial charge in [-0.3, -0.25) is 0 Å². The van der Waals surface area contributed by atoms with Gasteiger partial charge in [0.15, 0.2) is 0 Å². The molecule has 158 valence electrons. The number of thiazole rings is 1. The largest absolute Gasteiger partial charge is 0.405 e. The molecule has 8 heteroatoms. The minimum Gasteiger partial charge on any atom is -0.405 e. The summed E-state index contributed by atoms with van der Waals surface area (Å²) in [6, 6.07) is 19.2. The van der Waals surface area contributed by atoms with Crippen molar-refractivity contribution in [1.82, 2.24) is 9.71 Å². The normalized spacial score (nSPS) is 12.6. The van der Waals surface area contributed by atoms with Crippen molar-refractivity contribution in [3.05, 3.63) is 77.7 Å². The molecule has 0 aliphatic heterocycles. The highest BCUT2D eigenvalue weighted by molar-refractivity contribution is 7.89. The molecule has 0 saturated carbocycles. The molecule has 1 heterocycles. The molecular weight excluding hydrogens is 432 g/mol. The third-order valence-corrected chi connectivity index (χ3v) is 7.14. The van der Waals surface area contributed by atoms with Crippen LogP contribution in [0.2, 0.25) is 0 Å². The van der Waals surface area contributed by atoms with E-state index in [1.807, 2.05) is 49.4 Å². The van der Waals surface area contributed by atoms with Crippen LogP contribution in [0.4, 0.5) is 0 Å². The number of aryl methyl sites for hydroxylation is 1. The van der Waals surface area contributed by atoms with Crippen LogP contribution < -0.4 is 9.46 Å². The summed E-state index contributed by atoms with van der Waals surface area (Å²) in [4.78, 5) is 17.0. The lowest BCUT2D eigenvalue weighted by molar-refractivity contribution is -0.136. The fraction of sp³-hybridized carbons (Fsp3) is 0.130. The van der Waals surface area contributed by atoms with Gasteiger partial charge in [0.25, 0.3) is 0 Å². The summed E-state index contributed by atoms with van der Waals surface area (Å²) in [7, 11) is -3.84. The first-order valence-corrected chi connectivity index (χ1v) is 11.9. The Bertz CT molecular complexity index is 1340. The number of ether oxygens (including phenoxy) is 1. The molecule has 0 spiro atoms. The number of hydrogen-bond acceptors (Lipinski definition) is 6. The minimum atomic E-state index is -3.84. The molecule has 0 saturated heterocycles. The van der Waals surface area contributed by atoms with Crippen LogP contribution in [0.15, 0.2) is 77.0 Å². The Balaban J connectivity index is 1.48. The number of fused-ring (bicyclic) bond motifs is 1. The van der Waals surface area contributed by atoms with Crippen molar-refractivity contribution in [2.75, 3.05) is 0 Å². The molecule has 1 atom stereocenters. The number of hydrogen-bond donors (Lipinski definition) is 1. The zero-order valence-corrected chi connectivity index (χ0v) is 18.5. The number of benzene rings is 3. The van der Waals surface area contributed by atoms with Gasteiger partial charge in [0, 0.05) is 5.56 Å². The molecule has 4 aromatic rings. The molecule has 4 rings (SSSR count). The van der Waals surface area contributed by atoms with Crippen molar-refractivity contribution < 1.29 is 17.9 Å². The average molecular weight is 453 g/mol. The van der Waals surface area contributed by atoms with Crippen LogP contribution in [0.3, 0.4) is 0 Å². The molecule has 3 aromatic carbocycles. The SMILES string of the molecule is Cc1ccc(S(=O)(=O)N[C@@H](C)C(=O)Oc2csc(-c3cccc4ccccc34)n2)cc1. The van der Waals surface area contributed by atoms with Crippen LogP contribution >= 0.6 is 11.3 Å². The summed E-state index contributed by atoms with van der Waals surface area (Å²) >= 11 is 1.36. The van der Waals surface area contributed by atoms with Crippen molar-refractivity contribution in [3.63, 3.8) is 0 Å². The van der Waals surface area contributed by atoms with E-state index in [2.05, 4.69) is 9.71 Å². The van der Waals surface area contributed by atoms with Crippen molar-refractivity contribution >= 4 is 38.1 Å². The Morgan fingerprint density at radius 3 is 2.52 bits per heavy atom. The maximum absolute atomic E-state index is 12.5. The second-order valence-corrected chi connectivity index (χ2v) is 9.67. The highest BCUT2D eigenvalue weighted by Crippen LogP contribution is 2.32. The molecule has 0 aliphatic carbocycles. The predicted molar refractivity (Wildman–Crippen MR) is 122 cm³/mol. The number of carbonyl (C=O) groups excluding carboxylic acids is 1. The average Bonchev–Trinajstić information content (AvgIpc) is 3.21. The van der Waals surface area contributed by atoms with Crippen LogP contribution in [0, 0.1) is 6.92 Å². The first-order valence-electron chi connectivity index (χ1n) is 9.58. The number of nitrogens with zero attached hydrogens (tertiary/aromatic N) is 1. The van der Waals surface area contributed by atoms with Gasteiger partial charge in [0.2, 0.25) is 15.9 Å². The standard InChI is InChI=1S/C23H20N2O4S2/c1-15-10-12-18(13-11-15)31(27,28)25-16(2)23(26)29-21-14-30-22(24-21)20-9-5-7-17-6-3-4-8-19(17)20/h3-14,16,25H,1-2H3/t16-/m0/s1. The van der Waals surface area contributed by atoms with E-state index in [0.29, 0.717) is 5.01 Å². The zero-order chi connectivity index (χ0) is 22.0. The lowest BCUT2D eigenvalue weighted by Crippen LogP contribution is -2.40. The van der Waals surface area contributed by atoms with E-state index < -0.39 is 22.0 Å². The minimum absolute atomic E-state index is 0.0876. The molecule has 0 fully saturated rings. The molecule has 0 unspecified atom stereocenters. The lowest BCUT2D eigenvalue weighted by Gasteiger charge is -2.12. The Labute approximate surface area is 184 Å². The van der Waals surface area contributed by atoms with Gasteiger partial charge >= 0.3 is 5.97 Å². The molecular formula is C23H20N2O4S2. The summed E-state index contributed by atoms with van der Waals surface area (Å²) in [5.41, 5.74) is 1.88. The third-order valence-electron chi connectivity index (χ3n) is 4.73. The number of nitrogens with one attached hydrogen (secondary N) is 1. The third kappa shape index (κ3) is 4.66. The predicted octanol–water partition coefficient (Wildman–Crippen LogP) is 4.54.